The van der Waals surface area contributed by atoms with Gasteiger partial charge in [-0.05, 0) is 37.7 Å². The highest BCUT2D eigenvalue weighted by Gasteiger charge is 2.38. The van der Waals surface area contributed by atoms with Crippen molar-refractivity contribution in [1.29, 1.82) is 0 Å². The van der Waals surface area contributed by atoms with E-state index < -0.39 is 0 Å². The van der Waals surface area contributed by atoms with Crippen LogP contribution in [-0.2, 0) is 20.9 Å². The van der Waals surface area contributed by atoms with Crippen molar-refractivity contribution in [1.82, 2.24) is 9.80 Å². The Labute approximate surface area is 166 Å². The van der Waals surface area contributed by atoms with Crippen molar-refractivity contribution in [2.75, 3.05) is 6.54 Å². The summed E-state index contributed by atoms with van der Waals surface area (Å²) in [6.07, 6.45) is 5.89. The minimum absolute atomic E-state index is 0.0387. The van der Waals surface area contributed by atoms with E-state index in [0.717, 1.165) is 24.8 Å². The molecule has 3 rings (SSSR count). The molecule has 2 atom stereocenters. The smallest absolute Gasteiger partial charge is 0.410 e. The molecule has 3 amide bonds. The van der Waals surface area contributed by atoms with Crippen molar-refractivity contribution in [2.24, 2.45) is 0 Å². The number of imide groups is 1. The fourth-order valence-corrected chi connectivity index (χ4v) is 4.10. The Kier molecular flexibility index (Phi) is 6.85. The third kappa shape index (κ3) is 4.80. The number of rotatable bonds is 7. The second kappa shape index (κ2) is 9.53. The third-order valence-corrected chi connectivity index (χ3v) is 5.50. The summed E-state index contributed by atoms with van der Waals surface area (Å²) in [5.41, 5.74) is 0.946. The minimum Gasteiger partial charge on any atom is -0.445 e. The van der Waals surface area contributed by atoms with Crippen LogP contribution in [0.5, 0.6) is 0 Å². The molecule has 0 aromatic heterocycles. The van der Waals surface area contributed by atoms with Gasteiger partial charge in [-0.2, -0.15) is 0 Å². The maximum Gasteiger partial charge on any atom is 0.410 e. The topological polar surface area (TPSA) is 66.9 Å². The van der Waals surface area contributed by atoms with Gasteiger partial charge >= 0.3 is 6.09 Å². The molecule has 0 aliphatic carbocycles. The molecule has 2 saturated heterocycles. The van der Waals surface area contributed by atoms with Gasteiger partial charge in [0.1, 0.15) is 6.61 Å². The van der Waals surface area contributed by atoms with Crippen molar-refractivity contribution < 1.29 is 19.1 Å². The minimum atomic E-state index is -0.329. The average Bonchev–Trinajstić information content (AvgIpc) is 3.05. The van der Waals surface area contributed by atoms with Crippen LogP contribution in [-0.4, -0.2) is 46.3 Å². The molecule has 0 unspecified atom stereocenters. The number of hydrogen-bond donors (Lipinski definition) is 0. The monoisotopic (exact) mass is 384 g/mol. The van der Waals surface area contributed by atoms with Gasteiger partial charge in [0.15, 0.2) is 0 Å². The summed E-state index contributed by atoms with van der Waals surface area (Å²) in [5.74, 6) is -0.239. The summed E-state index contributed by atoms with van der Waals surface area (Å²) < 4.78 is 5.53. The van der Waals surface area contributed by atoms with E-state index >= 15 is 0 Å². The van der Waals surface area contributed by atoms with Gasteiger partial charge in [0.25, 0.3) is 0 Å². The highest BCUT2D eigenvalue weighted by molar-refractivity contribution is 6.02. The van der Waals surface area contributed by atoms with E-state index in [-0.39, 0.29) is 49.4 Å². The predicted octanol–water partition coefficient (Wildman–Crippen LogP) is 3.66. The van der Waals surface area contributed by atoms with Crippen LogP contribution >= 0.6 is 0 Å². The molecule has 6 nitrogen and oxygen atoms in total. The lowest BCUT2D eigenvalue weighted by Crippen LogP contribution is -2.49. The molecule has 1 aromatic rings. The van der Waals surface area contributed by atoms with Crippen LogP contribution in [0.15, 0.2) is 43.0 Å². The Hall–Kier alpha value is -2.63. The normalized spacial score (nSPS) is 20.9. The maximum absolute atomic E-state index is 12.7. The summed E-state index contributed by atoms with van der Waals surface area (Å²) in [4.78, 5) is 40.2. The average molecular weight is 384 g/mol. The SMILES string of the molecule is C=CC[C@H](C[C@H]1CCCCN1C(=O)OCc1ccccc1)N1C(=O)CCC1=O. The first-order valence-electron chi connectivity index (χ1n) is 10.0. The fourth-order valence-electron chi connectivity index (χ4n) is 4.10. The van der Waals surface area contributed by atoms with Crippen molar-refractivity contribution >= 4 is 17.9 Å². The fraction of sp³-hybridized carbons (Fsp3) is 0.500. The molecule has 0 N–H and O–H groups in total. The molecular weight excluding hydrogens is 356 g/mol. The lowest BCUT2D eigenvalue weighted by molar-refractivity contribution is -0.141. The van der Waals surface area contributed by atoms with E-state index in [4.69, 9.17) is 4.74 Å². The molecular formula is C22H28N2O4. The van der Waals surface area contributed by atoms with E-state index in [1.165, 1.54) is 4.90 Å². The van der Waals surface area contributed by atoms with Crippen molar-refractivity contribution in [3.8, 4) is 0 Å². The number of hydrogen-bond acceptors (Lipinski definition) is 4. The molecule has 2 fully saturated rings. The molecule has 0 spiro atoms. The van der Waals surface area contributed by atoms with E-state index in [2.05, 4.69) is 6.58 Å². The Bertz CT molecular complexity index is 703. The first-order valence-corrected chi connectivity index (χ1v) is 10.0. The largest absolute Gasteiger partial charge is 0.445 e. The van der Waals surface area contributed by atoms with Gasteiger partial charge in [0.2, 0.25) is 11.8 Å². The van der Waals surface area contributed by atoms with E-state index in [0.29, 0.717) is 19.4 Å². The number of ether oxygens (including phenoxy) is 1. The van der Waals surface area contributed by atoms with Crippen LogP contribution in [0.25, 0.3) is 0 Å². The molecule has 2 aliphatic rings. The molecule has 2 heterocycles. The first kappa shape index (κ1) is 20.1. The number of benzene rings is 1. The second-order valence-corrected chi connectivity index (χ2v) is 7.45. The van der Waals surface area contributed by atoms with Crippen LogP contribution in [0.4, 0.5) is 4.79 Å². The number of carbonyl (C=O) groups is 3. The number of likely N-dealkylation sites (tertiary alicyclic amines) is 2. The quantitative estimate of drug-likeness (QED) is 0.531. The summed E-state index contributed by atoms with van der Waals surface area (Å²) >= 11 is 0. The molecule has 2 aliphatic heterocycles. The molecule has 0 saturated carbocycles. The lowest BCUT2D eigenvalue weighted by Gasteiger charge is -2.38. The van der Waals surface area contributed by atoms with Crippen LogP contribution < -0.4 is 0 Å². The predicted molar refractivity (Wildman–Crippen MR) is 105 cm³/mol. The zero-order chi connectivity index (χ0) is 19.9. The van der Waals surface area contributed by atoms with Gasteiger partial charge in [-0.3, -0.25) is 14.5 Å². The van der Waals surface area contributed by atoms with E-state index in [9.17, 15) is 14.4 Å². The lowest BCUT2D eigenvalue weighted by atomic mass is 9.94. The number of nitrogens with zero attached hydrogens (tertiary/aromatic N) is 2. The standard InChI is InChI=1S/C22H28N2O4/c1-2-8-19(24-20(25)12-13-21(24)26)15-18-11-6-7-14-23(18)22(27)28-16-17-9-4-3-5-10-17/h2-5,9-10,18-19H,1,6-8,11-16H2/t18-,19-/m1/s1. The van der Waals surface area contributed by atoms with Crippen molar-refractivity contribution in [2.45, 2.75) is 63.6 Å². The van der Waals surface area contributed by atoms with Crippen LogP contribution in [0.1, 0.15) is 50.5 Å². The van der Waals surface area contributed by atoms with Gasteiger partial charge in [0.05, 0.1) is 0 Å². The highest BCUT2D eigenvalue weighted by atomic mass is 16.6. The van der Waals surface area contributed by atoms with Crippen molar-refractivity contribution in [3.05, 3.63) is 48.6 Å². The number of amides is 3. The highest BCUT2D eigenvalue weighted by Crippen LogP contribution is 2.27. The van der Waals surface area contributed by atoms with Gasteiger partial charge in [-0.25, -0.2) is 4.79 Å². The maximum atomic E-state index is 12.7. The Morgan fingerprint density at radius 2 is 1.89 bits per heavy atom. The summed E-state index contributed by atoms with van der Waals surface area (Å²) in [5, 5.41) is 0. The summed E-state index contributed by atoms with van der Waals surface area (Å²) in [6.45, 7) is 4.66. The summed E-state index contributed by atoms with van der Waals surface area (Å²) in [6, 6.07) is 9.31. The molecule has 1 aromatic carbocycles. The van der Waals surface area contributed by atoms with E-state index in [1.807, 2.05) is 30.3 Å². The van der Waals surface area contributed by atoms with Crippen LogP contribution in [0.3, 0.4) is 0 Å². The molecule has 0 bridgehead atoms. The number of piperidine rings is 1. The molecule has 28 heavy (non-hydrogen) atoms. The molecule has 150 valence electrons. The Morgan fingerprint density at radius 3 is 2.57 bits per heavy atom. The number of carbonyl (C=O) groups excluding carboxylic acids is 3. The molecule has 0 radical (unpaired) electrons. The zero-order valence-corrected chi connectivity index (χ0v) is 16.2. The third-order valence-electron chi connectivity index (χ3n) is 5.50. The first-order chi connectivity index (χ1) is 13.6. The van der Waals surface area contributed by atoms with Crippen LogP contribution in [0, 0.1) is 0 Å². The van der Waals surface area contributed by atoms with Crippen molar-refractivity contribution in [3.63, 3.8) is 0 Å². The van der Waals surface area contributed by atoms with Gasteiger partial charge < -0.3 is 9.64 Å². The molecule has 6 heteroatoms. The Balaban J connectivity index is 1.65. The van der Waals surface area contributed by atoms with Gasteiger partial charge in [0, 0.05) is 31.5 Å². The van der Waals surface area contributed by atoms with E-state index in [1.54, 1.807) is 11.0 Å². The zero-order valence-electron chi connectivity index (χ0n) is 16.2. The summed E-state index contributed by atoms with van der Waals surface area (Å²) in [7, 11) is 0. The Morgan fingerprint density at radius 1 is 1.18 bits per heavy atom. The second-order valence-electron chi connectivity index (χ2n) is 7.45. The van der Waals surface area contributed by atoms with Gasteiger partial charge in [-0.1, -0.05) is 36.4 Å². The van der Waals surface area contributed by atoms with Gasteiger partial charge in [-0.15, -0.1) is 6.58 Å². The van der Waals surface area contributed by atoms with Crippen LogP contribution in [0.2, 0.25) is 0 Å².